The summed E-state index contributed by atoms with van der Waals surface area (Å²) in [6.45, 7) is 5.26. The van der Waals surface area contributed by atoms with Crippen LogP contribution in [-0.4, -0.2) is 53.5 Å². The first-order valence-corrected chi connectivity index (χ1v) is 6.17. The normalized spacial score (nSPS) is 10.1. The highest BCUT2D eigenvalue weighted by atomic mass is 16.4. The summed E-state index contributed by atoms with van der Waals surface area (Å²) in [6.07, 6.45) is 2.80. The molecule has 6 heteroatoms. The molecule has 19 heavy (non-hydrogen) atoms. The van der Waals surface area contributed by atoms with Gasteiger partial charge in [-0.3, -0.25) is 9.78 Å². The Hall–Kier alpha value is -2.11. The summed E-state index contributed by atoms with van der Waals surface area (Å²) in [6, 6.07) is 1.60. The topological polar surface area (TPSA) is 73.7 Å². The van der Waals surface area contributed by atoms with E-state index in [2.05, 4.69) is 4.98 Å². The van der Waals surface area contributed by atoms with Gasteiger partial charge in [0.2, 0.25) is 5.91 Å². The minimum absolute atomic E-state index is 0.0272. The van der Waals surface area contributed by atoms with Crippen LogP contribution < -0.4 is 4.90 Å². The molecule has 1 aromatic rings. The Morgan fingerprint density at radius 3 is 2.47 bits per heavy atom. The molecule has 0 aliphatic heterocycles. The molecule has 0 spiro atoms. The number of carbonyl (C=O) groups excluding carboxylic acids is 1. The van der Waals surface area contributed by atoms with Gasteiger partial charge in [0.25, 0.3) is 0 Å². The quantitative estimate of drug-likeness (QED) is 0.833. The van der Waals surface area contributed by atoms with E-state index >= 15 is 0 Å². The van der Waals surface area contributed by atoms with E-state index in [0.29, 0.717) is 18.8 Å². The zero-order valence-electron chi connectivity index (χ0n) is 11.5. The summed E-state index contributed by atoms with van der Waals surface area (Å²) in [5.41, 5.74) is 0.584. The number of hydrogen-bond donors (Lipinski definition) is 1. The third-order valence-electron chi connectivity index (χ3n) is 2.93. The summed E-state index contributed by atoms with van der Waals surface area (Å²) < 4.78 is 0. The van der Waals surface area contributed by atoms with Crippen LogP contribution in [0, 0.1) is 0 Å². The van der Waals surface area contributed by atoms with Crippen molar-refractivity contribution < 1.29 is 14.7 Å². The molecule has 1 amide bonds. The number of likely N-dealkylation sites (N-methyl/N-ethyl adjacent to an activating group) is 2. The standard InChI is InChI=1S/C13H19N3O3/c1-4-16(5-2)12(17)9-15(3)11-6-7-14-8-10(11)13(18)19/h6-8H,4-5,9H2,1-3H3,(H,18,19). The summed E-state index contributed by atoms with van der Waals surface area (Å²) in [5.74, 6) is -1.08. The number of pyridine rings is 1. The van der Waals surface area contributed by atoms with Crippen LogP contribution in [0.1, 0.15) is 24.2 Å². The molecule has 0 unspecified atom stereocenters. The number of aromatic nitrogens is 1. The molecular weight excluding hydrogens is 246 g/mol. The van der Waals surface area contributed by atoms with Crippen molar-refractivity contribution in [2.24, 2.45) is 0 Å². The fourth-order valence-corrected chi connectivity index (χ4v) is 1.85. The van der Waals surface area contributed by atoms with Gasteiger partial charge < -0.3 is 14.9 Å². The smallest absolute Gasteiger partial charge is 0.339 e. The van der Waals surface area contributed by atoms with E-state index in [9.17, 15) is 9.59 Å². The number of rotatable bonds is 6. The first-order valence-electron chi connectivity index (χ1n) is 6.17. The lowest BCUT2D eigenvalue weighted by molar-refractivity contribution is -0.129. The van der Waals surface area contributed by atoms with Gasteiger partial charge in [-0.2, -0.15) is 0 Å². The lowest BCUT2D eigenvalue weighted by Crippen LogP contribution is -2.39. The van der Waals surface area contributed by atoms with Crippen LogP contribution >= 0.6 is 0 Å². The molecule has 0 saturated heterocycles. The Bertz CT molecular complexity index is 458. The van der Waals surface area contributed by atoms with E-state index < -0.39 is 5.97 Å². The Labute approximate surface area is 112 Å². The first-order chi connectivity index (χ1) is 9.01. The zero-order valence-corrected chi connectivity index (χ0v) is 11.5. The van der Waals surface area contributed by atoms with Gasteiger partial charge in [-0.15, -0.1) is 0 Å². The van der Waals surface area contributed by atoms with Crippen molar-refractivity contribution in [2.75, 3.05) is 31.6 Å². The molecule has 0 bridgehead atoms. The van der Waals surface area contributed by atoms with E-state index in [1.807, 2.05) is 13.8 Å². The lowest BCUT2D eigenvalue weighted by Gasteiger charge is -2.25. The van der Waals surface area contributed by atoms with Crippen LogP contribution in [0.3, 0.4) is 0 Å². The monoisotopic (exact) mass is 265 g/mol. The number of carboxylic acid groups (broad SMARTS) is 1. The summed E-state index contributed by atoms with van der Waals surface area (Å²) in [4.78, 5) is 30.2. The Morgan fingerprint density at radius 2 is 1.95 bits per heavy atom. The lowest BCUT2D eigenvalue weighted by atomic mass is 10.2. The third-order valence-corrected chi connectivity index (χ3v) is 2.93. The largest absolute Gasteiger partial charge is 0.478 e. The van der Waals surface area contributed by atoms with Gasteiger partial charge in [0.1, 0.15) is 5.56 Å². The second-order valence-corrected chi connectivity index (χ2v) is 4.12. The maximum Gasteiger partial charge on any atom is 0.339 e. The molecule has 6 nitrogen and oxygen atoms in total. The maximum absolute atomic E-state index is 12.0. The number of hydrogen-bond acceptors (Lipinski definition) is 4. The van der Waals surface area contributed by atoms with Gasteiger partial charge in [-0.1, -0.05) is 0 Å². The number of anilines is 1. The number of carbonyl (C=O) groups is 2. The number of amides is 1. The fraction of sp³-hybridized carbons (Fsp3) is 0.462. The molecule has 0 atom stereocenters. The van der Waals surface area contributed by atoms with Crippen molar-refractivity contribution in [3.63, 3.8) is 0 Å². The first kappa shape index (κ1) is 14.9. The van der Waals surface area contributed by atoms with E-state index in [1.54, 1.807) is 22.9 Å². The predicted molar refractivity (Wildman–Crippen MR) is 72.4 cm³/mol. The SMILES string of the molecule is CCN(CC)C(=O)CN(C)c1ccncc1C(=O)O. The van der Waals surface area contributed by atoms with Crippen molar-refractivity contribution in [3.05, 3.63) is 24.0 Å². The minimum atomic E-state index is -1.05. The van der Waals surface area contributed by atoms with Crippen molar-refractivity contribution >= 4 is 17.6 Å². The highest BCUT2D eigenvalue weighted by Gasteiger charge is 2.17. The Kier molecular flexibility index (Phi) is 5.29. The molecule has 0 fully saturated rings. The molecule has 0 aliphatic carbocycles. The second kappa shape index (κ2) is 6.72. The second-order valence-electron chi connectivity index (χ2n) is 4.12. The Balaban J connectivity index is 2.87. The molecule has 0 saturated carbocycles. The molecule has 0 aliphatic rings. The van der Waals surface area contributed by atoms with Crippen molar-refractivity contribution in [1.29, 1.82) is 0 Å². The average Bonchev–Trinajstić information content (AvgIpc) is 2.40. The number of nitrogens with zero attached hydrogens (tertiary/aromatic N) is 3. The molecular formula is C13H19N3O3. The highest BCUT2D eigenvalue weighted by molar-refractivity contribution is 5.95. The van der Waals surface area contributed by atoms with E-state index in [4.69, 9.17) is 5.11 Å². The van der Waals surface area contributed by atoms with Gasteiger partial charge in [0, 0.05) is 32.5 Å². The maximum atomic E-state index is 12.0. The predicted octanol–water partition coefficient (Wildman–Crippen LogP) is 1.08. The molecule has 1 heterocycles. The van der Waals surface area contributed by atoms with Crippen molar-refractivity contribution in [1.82, 2.24) is 9.88 Å². The zero-order chi connectivity index (χ0) is 14.4. The number of carboxylic acids is 1. The molecule has 0 aromatic carbocycles. The molecule has 1 N–H and O–H groups in total. The molecule has 0 radical (unpaired) electrons. The van der Waals surface area contributed by atoms with Crippen molar-refractivity contribution in [3.8, 4) is 0 Å². The van der Waals surface area contributed by atoms with Crippen LogP contribution in [0.2, 0.25) is 0 Å². The van der Waals surface area contributed by atoms with Crippen molar-refractivity contribution in [2.45, 2.75) is 13.8 Å². The van der Waals surface area contributed by atoms with Crippen LogP contribution in [0.4, 0.5) is 5.69 Å². The van der Waals surface area contributed by atoms with Gasteiger partial charge in [-0.05, 0) is 19.9 Å². The van der Waals surface area contributed by atoms with E-state index in [-0.39, 0.29) is 18.0 Å². The molecule has 104 valence electrons. The fourth-order valence-electron chi connectivity index (χ4n) is 1.85. The molecule has 1 rings (SSSR count). The van der Waals surface area contributed by atoms with Gasteiger partial charge in [0.15, 0.2) is 0 Å². The van der Waals surface area contributed by atoms with Crippen LogP contribution in [0.15, 0.2) is 18.5 Å². The van der Waals surface area contributed by atoms with Crippen LogP contribution in [0.5, 0.6) is 0 Å². The summed E-state index contributed by atoms with van der Waals surface area (Å²) in [7, 11) is 1.70. The number of aromatic carboxylic acids is 1. The van der Waals surface area contributed by atoms with Gasteiger partial charge in [-0.25, -0.2) is 4.79 Å². The third kappa shape index (κ3) is 3.67. The highest BCUT2D eigenvalue weighted by Crippen LogP contribution is 2.17. The van der Waals surface area contributed by atoms with E-state index in [0.717, 1.165) is 0 Å². The Morgan fingerprint density at radius 1 is 1.32 bits per heavy atom. The minimum Gasteiger partial charge on any atom is -0.478 e. The summed E-state index contributed by atoms with van der Waals surface area (Å²) in [5, 5.41) is 9.09. The van der Waals surface area contributed by atoms with Crippen LogP contribution in [0.25, 0.3) is 0 Å². The van der Waals surface area contributed by atoms with E-state index in [1.165, 1.54) is 12.4 Å². The molecule has 1 aromatic heterocycles. The average molecular weight is 265 g/mol. The van der Waals surface area contributed by atoms with Gasteiger partial charge in [0.05, 0.1) is 12.2 Å². The van der Waals surface area contributed by atoms with Crippen LogP contribution in [-0.2, 0) is 4.79 Å². The summed E-state index contributed by atoms with van der Waals surface area (Å²) >= 11 is 0. The van der Waals surface area contributed by atoms with Gasteiger partial charge >= 0.3 is 5.97 Å².